The molecule has 1 N–H and O–H groups in total. The zero-order chi connectivity index (χ0) is 19.9. The molecule has 7 nitrogen and oxygen atoms in total. The minimum atomic E-state index is 0. The lowest BCUT2D eigenvalue weighted by Crippen LogP contribution is -2.39. The van der Waals surface area contributed by atoms with Gasteiger partial charge in [-0.25, -0.2) is 4.99 Å². The van der Waals surface area contributed by atoms with Gasteiger partial charge in [0.25, 0.3) is 0 Å². The monoisotopic (exact) mass is 528 g/mol. The Kier molecular flexibility index (Phi) is 9.28. The third-order valence-electron chi connectivity index (χ3n) is 4.59. The molecule has 9 heteroatoms. The Bertz CT molecular complexity index is 905. The Morgan fingerprint density at radius 2 is 2.10 bits per heavy atom. The number of para-hydroxylation sites is 1. The summed E-state index contributed by atoms with van der Waals surface area (Å²) in [5.41, 5.74) is 0.909. The first-order valence-electron chi connectivity index (χ1n) is 9.39. The van der Waals surface area contributed by atoms with Crippen molar-refractivity contribution < 1.29 is 4.42 Å². The summed E-state index contributed by atoms with van der Waals surface area (Å²) in [7, 11) is 3.99. The van der Waals surface area contributed by atoms with E-state index in [1.807, 2.05) is 55.5 Å². The van der Waals surface area contributed by atoms with Crippen LogP contribution in [0.15, 0.2) is 39.7 Å². The topological polar surface area (TPSA) is 71.5 Å². The van der Waals surface area contributed by atoms with E-state index in [9.17, 15) is 0 Å². The molecule has 0 saturated heterocycles. The molecule has 2 heterocycles. The van der Waals surface area contributed by atoms with Crippen LogP contribution in [0.25, 0.3) is 11.0 Å². The Morgan fingerprint density at radius 3 is 2.79 bits per heavy atom. The highest BCUT2D eigenvalue weighted by atomic mass is 127. The van der Waals surface area contributed by atoms with Gasteiger partial charge < -0.3 is 19.2 Å². The number of nitrogens with zero attached hydrogens (tertiary/aromatic N) is 5. The maximum absolute atomic E-state index is 5.96. The second-order valence-corrected chi connectivity index (χ2v) is 7.73. The summed E-state index contributed by atoms with van der Waals surface area (Å²) in [6, 6.07) is 10.2. The van der Waals surface area contributed by atoms with E-state index in [1.54, 1.807) is 0 Å². The summed E-state index contributed by atoms with van der Waals surface area (Å²) in [6.07, 6.45) is 3.21. The zero-order valence-corrected chi connectivity index (χ0v) is 20.5. The van der Waals surface area contributed by atoms with E-state index in [0.29, 0.717) is 13.1 Å². The smallest absolute Gasteiger partial charge is 0.194 e. The fraction of sp³-hybridized carbons (Fsp3) is 0.450. The van der Waals surface area contributed by atoms with Crippen LogP contribution in [0.4, 0.5) is 0 Å². The second-order valence-electron chi connectivity index (χ2n) is 6.74. The predicted octanol–water partition coefficient (Wildman–Crippen LogP) is 3.82. The maximum atomic E-state index is 5.96. The SMILES string of the molecule is CSCCCNC(=NCc1nnc(C)n1C)N(C)Cc1cc2ccccc2o1.I. The molecular formula is C20H29IN6OS. The number of hydrogen-bond donors (Lipinski definition) is 1. The van der Waals surface area contributed by atoms with Gasteiger partial charge in [0.1, 0.15) is 23.7 Å². The highest BCUT2D eigenvalue weighted by molar-refractivity contribution is 14.0. The number of nitrogens with one attached hydrogen (secondary N) is 1. The molecule has 2 aromatic heterocycles. The predicted molar refractivity (Wildman–Crippen MR) is 131 cm³/mol. The molecule has 0 fully saturated rings. The van der Waals surface area contributed by atoms with Gasteiger partial charge in [0.2, 0.25) is 0 Å². The van der Waals surface area contributed by atoms with Crippen molar-refractivity contribution in [3.05, 3.63) is 47.7 Å². The molecule has 0 atom stereocenters. The van der Waals surface area contributed by atoms with E-state index >= 15 is 0 Å². The van der Waals surface area contributed by atoms with Crippen LogP contribution in [0.5, 0.6) is 0 Å². The van der Waals surface area contributed by atoms with Crippen LogP contribution in [0.3, 0.4) is 0 Å². The number of halogens is 1. The highest BCUT2D eigenvalue weighted by Crippen LogP contribution is 2.19. The van der Waals surface area contributed by atoms with E-state index < -0.39 is 0 Å². The molecule has 0 bridgehead atoms. The summed E-state index contributed by atoms with van der Waals surface area (Å²) < 4.78 is 7.93. The number of aromatic nitrogens is 3. The third-order valence-corrected chi connectivity index (χ3v) is 5.29. The maximum Gasteiger partial charge on any atom is 0.194 e. The Morgan fingerprint density at radius 1 is 1.31 bits per heavy atom. The lowest BCUT2D eigenvalue weighted by Gasteiger charge is -2.21. The van der Waals surface area contributed by atoms with Gasteiger partial charge in [-0.2, -0.15) is 11.8 Å². The molecule has 0 radical (unpaired) electrons. The minimum absolute atomic E-state index is 0. The fourth-order valence-electron chi connectivity index (χ4n) is 2.89. The number of rotatable bonds is 8. The van der Waals surface area contributed by atoms with Crippen molar-refractivity contribution in [3.8, 4) is 0 Å². The van der Waals surface area contributed by atoms with Gasteiger partial charge in [-0.3, -0.25) is 0 Å². The Hall–Kier alpha value is -1.75. The quantitative estimate of drug-likeness (QED) is 0.208. The molecule has 0 aliphatic carbocycles. The van der Waals surface area contributed by atoms with Crippen molar-refractivity contribution in [1.82, 2.24) is 25.0 Å². The Balaban J connectivity index is 0.00000300. The molecule has 0 unspecified atom stereocenters. The number of aliphatic imine (C=N–C) groups is 1. The molecule has 158 valence electrons. The second kappa shape index (κ2) is 11.4. The molecular weight excluding hydrogens is 499 g/mol. The van der Waals surface area contributed by atoms with Gasteiger partial charge >= 0.3 is 0 Å². The van der Waals surface area contributed by atoms with Gasteiger partial charge in [0.15, 0.2) is 11.8 Å². The van der Waals surface area contributed by atoms with Crippen LogP contribution in [0.2, 0.25) is 0 Å². The number of benzene rings is 1. The highest BCUT2D eigenvalue weighted by Gasteiger charge is 2.12. The molecule has 0 saturated carbocycles. The van der Waals surface area contributed by atoms with E-state index in [0.717, 1.165) is 53.1 Å². The van der Waals surface area contributed by atoms with Gasteiger partial charge in [-0.1, -0.05) is 18.2 Å². The summed E-state index contributed by atoms with van der Waals surface area (Å²) >= 11 is 1.85. The van der Waals surface area contributed by atoms with Crippen LogP contribution >= 0.6 is 35.7 Å². The summed E-state index contributed by atoms with van der Waals surface area (Å²) in [5, 5.41) is 12.9. The Labute approximate surface area is 193 Å². The summed E-state index contributed by atoms with van der Waals surface area (Å²) in [5.74, 6) is 4.60. The largest absolute Gasteiger partial charge is 0.459 e. The van der Waals surface area contributed by atoms with Gasteiger partial charge in [0, 0.05) is 26.0 Å². The van der Waals surface area contributed by atoms with Crippen molar-refractivity contribution in [2.45, 2.75) is 26.4 Å². The summed E-state index contributed by atoms with van der Waals surface area (Å²) in [4.78, 5) is 6.86. The van der Waals surface area contributed by atoms with Gasteiger partial charge in [-0.15, -0.1) is 34.2 Å². The minimum Gasteiger partial charge on any atom is -0.459 e. The lowest BCUT2D eigenvalue weighted by molar-refractivity contribution is 0.411. The molecule has 0 amide bonds. The first kappa shape index (κ1) is 23.5. The first-order valence-corrected chi connectivity index (χ1v) is 10.8. The van der Waals surface area contributed by atoms with Crippen LogP contribution < -0.4 is 5.32 Å². The van der Waals surface area contributed by atoms with Crippen molar-refractivity contribution in [1.29, 1.82) is 0 Å². The van der Waals surface area contributed by atoms with Gasteiger partial charge in [0.05, 0.1) is 6.54 Å². The molecule has 3 aromatic rings. The van der Waals surface area contributed by atoms with Crippen molar-refractivity contribution >= 4 is 52.7 Å². The number of fused-ring (bicyclic) bond motifs is 1. The van der Waals surface area contributed by atoms with Crippen molar-refractivity contribution in [2.75, 3.05) is 25.6 Å². The van der Waals surface area contributed by atoms with E-state index in [1.165, 1.54) is 0 Å². The van der Waals surface area contributed by atoms with E-state index in [4.69, 9.17) is 9.41 Å². The number of aryl methyl sites for hydroxylation is 1. The standard InChI is InChI=1S/C20H28N6OS.HI/c1-15-23-24-19(26(15)3)13-22-20(21-10-7-11-28-4)25(2)14-17-12-16-8-5-6-9-18(16)27-17;/h5-6,8-9,12H,7,10-11,13-14H2,1-4H3,(H,21,22);1H. The first-order chi connectivity index (χ1) is 13.6. The normalized spacial score (nSPS) is 11.5. The number of thioether (sulfide) groups is 1. The average Bonchev–Trinajstić information content (AvgIpc) is 3.24. The molecule has 0 aliphatic rings. The van der Waals surface area contributed by atoms with E-state index in [2.05, 4.69) is 38.8 Å². The third kappa shape index (κ3) is 6.36. The van der Waals surface area contributed by atoms with Crippen LogP contribution in [0, 0.1) is 6.92 Å². The van der Waals surface area contributed by atoms with Crippen molar-refractivity contribution in [2.24, 2.45) is 12.0 Å². The van der Waals surface area contributed by atoms with Crippen LogP contribution in [0.1, 0.15) is 23.8 Å². The number of hydrogen-bond acceptors (Lipinski definition) is 5. The van der Waals surface area contributed by atoms with E-state index in [-0.39, 0.29) is 24.0 Å². The number of guanidine groups is 1. The molecule has 0 spiro atoms. The van der Waals surface area contributed by atoms with Crippen LogP contribution in [-0.2, 0) is 20.1 Å². The lowest BCUT2D eigenvalue weighted by atomic mass is 10.2. The number of furan rings is 1. The van der Waals surface area contributed by atoms with Gasteiger partial charge in [-0.05, 0) is 37.5 Å². The summed E-state index contributed by atoms with van der Waals surface area (Å²) in [6.45, 7) is 3.94. The molecule has 29 heavy (non-hydrogen) atoms. The molecule has 0 aliphatic heterocycles. The van der Waals surface area contributed by atoms with Crippen LogP contribution in [-0.4, -0.2) is 51.2 Å². The zero-order valence-electron chi connectivity index (χ0n) is 17.4. The fourth-order valence-corrected chi connectivity index (χ4v) is 3.32. The van der Waals surface area contributed by atoms with Crippen molar-refractivity contribution in [3.63, 3.8) is 0 Å². The average molecular weight is 528 g/mol. The molecule has 1 aromatic carbocycles. The molecule has 3 rings (SSSR count).